The molecule has 4 nitrogen and oxygen atoms in total. The van der Waals surface area contributed by atoms with Crippen LogP contribution in [0.1, 0.15) is 42.9 Å². The third-order valence-corrected chi connectivity index (χ3v) is 7.46. The first kappa shape index (κ1) is 23.4. The Bertz CT molecular complexity index is 1600. The van der Waals surface area contributed by atoms with Gasteiger partial charge < -0.3 is 19.3 Å². The molecule has 0 aromatic heterocycles. The van der Waals surface area contributed by atoms with E-state index in [9.17, 15) is 5.11 Å². The molecule has 0 saturated heterocycles. The number of rotatable bonds is 6. The maximum atomic E-state index is 10.4. The minimum atomic E-state index is -0.857. The van der Waals surface area contributed by atoms with Gasteiger partial charge in [0.15, 0.2) is 0 Å². The van der Waals surface area contributed by atoms with Crippen LogP contribution in [0.3, 0.4) is 0 Å². The Morgan fingerprint density at radius 1 is 0.784 bits per heavy atom. The summed E-state index contributed by atoms with van der Waals surface area (Å²) in [5.74, 6) is 3.31. The van der Waals surface area contributed by atoms with Gasteiger partial charge in [0.2, 0.25) is 0 Å². The van der Waals surface area contributed by atoms with Gasteiger partial charge in [-0.05, 0) is 76.9 Å². The van der Waals surface area contributed by atoms with Crippen molar-refractivity contribution in [3.8, 4) is 23.0 Å². The molecular weight excluding hydrogens is 460 g/mol. The fourth-order valence-corrected chi connectivity index (χ4v) is 5.20. The Labute approximate surface area is 217 Å². The number of methoxy groups -OCH3 is 1. The molecule has 4 heteroatoms. The molecule has 5 aromatic rings. The van der Waals surface area contributed by atoms with Crippen molar-refractivity contribution in [3.63, 3.8) is 0 Å². The van der Waals surface area contributed by atoms with Gasteiger partial charge in [0.1, 0.15) is 29.6 Å². The van der Waals surface area contributed by atoms with E-state index in [2.05, 4.69) is 72.8 Å². The second-order valence-electron chi connectivity index (χ2n) is 10.0. The Kier molecular flexibility index (Phi) is 5.77. The van der Waals surface area contributed by atoms with Crippen LogP contribution in [-0.4, -0.2) is 24.4 Å². The fourth-order valence-electron chi connectivity index (χ4n) is 5.20. The molecule has 2 unspecified atom stereocenters. The molecule has 0 bridgehead atoms. The van der Waals surface area contributed by atoms with E-state index in [-0.39, 0.29) is 12.5 Å². The molecule has 1 aliphatic rings. The summed E-state index contributed by atoms with van der Waals surface area (Å²) in [7, 11) is 1.69. The lowest BCUT2D eigenvalue weighted by atomic mass is 9.78. The maximum absolute atomic E-state index is 10.4. The van der Waals surface area contributed by atoms with Gasteiger partial charge in [0.05, 0.1) is 12.7 Å². The van der Waals surface area contributed by atoms with E-state index >= 15 is 0 Å². The summed E-state index contributed by atoms with van der Waals surface area (Å²) in [5.41, 5.74) is 2.66. The highest BCUT2D eigenvalue weighted by Crippen LogP contribution is 2.52. The Morgan fingerprint density at radius 3 is 1.97 bits per heavy atom. The molecule has 5 aromatic carbocycles. The number of hydrogen-bond donors (Lipinski definition) is 1. The quantitative estimate of drug-likeness (QED) is 0.258. The van der Waals surface area contributed by atoms with E-state index in [4.69, 9.17) is 14.2 Å². The van der Waals surface area contributed by atoms with Gasteiger partial charge in [-0.25, -0.2) is 0 Å². The summed E-state index contributed by atoms with van der Waals surface area (Å²) in [4.78, 5) is 0. The number of benzene rings is 5. The van der Waals surface area contributed by atoms with Crippen molar-refractivity contribution in [2.75, 3.05) is 13.7 Å². The summed E-state index contributed by atoms with van der Waals surface area (Å²) in [6.45, 7) is 4.00. The molecule has 186 valence electrons. The standard InChI is InChI=1S/C33H30O4/c1-4-33(2,34)20-36-25-13-15-27-23(19-25)11-17-29-32(27)30(21-8-6-5-7-9-21)31-26-14-12-24(35-3)18-22(26)10-16-28(31)37-29/h5-19,30,34H,4,20H2,1-3H3. The van der Waals surface area contributed by atoms with E-state index in [1.165, 1.54) is 5.56 Å². The van der Waals surface area contributed by atoms with Gasteiger partial charge in [-0.1, -0.05) is 61.5 Å². The van der Waals surface area contributed by atoms with Gasteiger partial charge in [-0.3, -0.25) is 0 Å². The zero-order valence-electron chi connectivity index (χ0n) is 21.3. The molecule has 1 heterocycles. The van der Waals surface area contributed by atoms with E-state index in [0.717, 1.165) is 55.7 Å². The van der Waals surface area contributed by atoms with Crippen LogP contribution in [0, 0.1) is 0 Å². The first-order valence-electron chi connectivity index (χ1n) is 12.7. The molecule has 0 amide bonds. The zero-order valence-corrected chi connectivity index (χ0v) is 21.3. The van der Waals surface area contributed by atoms with Crippen LogP contribution in [0.2, 0.25) is 0 Å². The lowest BCUT2D eigenvalue weighted by Gasteiger charge is -2.31. The van der Waals surface area contributed by atoms with Crippen LogP contribution in [-0.2, 0) is 0 Å². The summed E-state index contributed by atoms with van der Waals surface area (Å²) in [6, 6.07) is 31.3. The van der Waals surface area contributed by atoms with Gasteiger partial charge in [0, 0.05) is 17.0 Å². The van der Waals surface area contributed by atoms with E-state index in [1.54, 1.807) is 14.0 Å². The molecule has 6 rings (SSSR count). The number of fused-ring (bicyclic) bond motifs is 6. The first-order valence-corrected chi connectivity index (χ1v) is 12.7. The van der Waals surface area contributed by atoms with Crippen LogP contribution < -0.4 is 14.2 Å². The normalized spacial score (nSPS) is 15.9. The van der Waals surface area contributed by atoms with E-state index < -0.39 is 5.60 Å². The van der Waals surface area contributed by atoms with Gasteiger partial charge in [-0.15, -0.1) is 0 Å². The lowest BCUT2D eigenvalue weighted by Crippen LogP contribution is -2.31. The monoisotopic (exact) mass is 490 g/mol. The smallest absolute Gasteiger partial charge is 0.132 e. The zero-order chi connectivity index (χ0) is 25.6. The van der Waals surface area contributed by atoms with Gasteiger partial charge >= 0.3 is 0 Å². The van der Waals surface area contributed by atoms with Crippen molar-refractivity contribution < 1.29 is 19.3 Å². The fraction of sp³-hybridized carbons (Fsp3) is 0.212. The highest BCUT2D eigenvalue weighted by Gasteiger charge is 2.32. The second-order valence-corrected chi connectivity index (χ2v) is 10.0. The summed E-state index contributed by atoms with van der Waals surface area (Å²) in [5, 5.41) is 14.8. The van der Waals surface area contributed by atoms with Gasteiger partial charge in [0.25, 0.3) is 0 Å². The Balaban J connectivity index is 1.54. The van der Waals surface area contributed by atoms with E-state index in [0.29, 0.717) is 6.42 Å². The predicted molar refractivity (Wildman–Crippen MR) is 148 cm³/mol. The van der Waals surface area contributed by atoms with Crippen LogP contribution in [0.25, 0.3) is 21.5 Å². The number of ether oxygens (including phenoxy) is 3. The van der Waals surface area contributed by atoms with Crippen molar-refractivity contribution in [1.29, 1.82) is 0 Å². The third-order valence-electron chi connectivity index (χ3n) is 7.46. The van der Waals surface area contributed by atoms with Crippen molar-refractivity contribution in [2.45, 2.75) is 31.8 Å². The predicted octanol–water partition coefficient (Wildman–Crippen LogP) is 7.83. The van der Waals surface area contributed by atoms with Crippen molar-refractivity contribution in [1.82, 2.24) is 0 Å². The molecule has 37 heavy (non-hydrogen) atoms. The average Bonchev–Trinajstić information content (AvgIpc) is 2.94. The minimum Gasteiger partial charge on any atom is -0.497 e. The Morgan fingerprint density at radius 2 is 1.38 bits per heavy atom. The molecule has 1 N–H and O–H groups in total. The first-order chi connectivity index (χ1) is 18.0. The van der Waals surface area contributed by atoms with Crippen LogP contribution >= 0.6 is 0 Å². The second kappa shape index (κ2) is 9.13. The topological polar surface area (TPSA) is 47.9 Å². The SMILES string of the molecule is CCC(C)(O)COc1ccc2c3c(ccc2c1)Oc1ccc2cc(OC)ccc2c1C3c1ccccc1. The Hall–Kier alpha value is -4.02. The average molecular weight is 491 g/mol. The summed E-state index contributed by atoms with van der Waals surface area (Å²) in [6.07, 6.45) is 0.628. The summed E-state index contributed by atoms with van der Waals surface area (Å²) >= 11 is 0. The van der Waals surface area contributed by atoms with Crippen molar-refractivity contribution in [3.05, 3.63) is 108 Å². The minimum absolute atomic E-state index is 0.00617. The molecule has 0 radical (unpaired) electrons. The van der Waals surface area contributed by atoms with Crippen LogP contribution in [0.5, 0.6) is 23.0 Å². The highest BCUT2D eigenvalue weighted by atomic mass is 16.5. The lowest BCUT2D eigenvalue weighted by molar-refractivity contribution is 0.00851. The number of aliphatic hydroxyl groups is 1. The van der Waals surface area contributed by atoms with E-state index in [1.807, 2.05) is 25.1 Å². The van der Waals surface area contributed by atoms with Gasteiger partial charge in [-0.2, -0.15) is 0 Å². The molecule has 0 spiro atoms. The highest BCUT2D eigenvalue weighted by molar-refractivity contribution is 5.96. The molecule has 0 aliphatic carbocycles. The third kappa shape index (κ3) is 4.17. The maximum Gasteiger partial charge on any atom is 0.132 e. The molecule has 2 atom stereocenters. The van der Waals surface area contributed by atoms with Crippen LogP contribution in [0.15, 0.2) is 91.0 Å². The largest absolute Gasteiger partial charge is 0.497 e. The molecule has 1 aliphatic heterocycles. The molecule has 0 saturated carbocycles. The number of hydrogen-bond acceptors (Lipinski definition) is 4. The van der Waals surface area contributed by atoms with Crippen molar-refractivity contribution in [2.24, 2.45) is 0 Å². The van der Waals surface area contributed by atoms with Crippen molar-refractivity contribution >= 4 is 21.5 Å². The molecule has 0 fully saturated rings. The molecular formula is C33H30O4. The van der Waals surface area contributed by atoms with Crippen LogP contribution in [0.4, 0.5) is 0 Å². The summed E-state index contributed by atoms with van der Waals surface area (Å²) < 4.78 is 18.0.